The number of ether oxygens (including phenoxy) is 2. The Hall–Kier alpha value is -1.73. The molecule has 7 rings (SSSR count). The molecule has 0 amide bonds. The topological polar surface area (TPSA) is 110 Å². The summed E-state index contributed by atoms with van der Waals surface area (Å²) < 4.78 is 12.3. The van der Waals surface area contributed by atoms with Gasteiger partial charge in [0.15, 0.2) is 0 Å². The van der Waals surface area contributed by atoms with Crippen molar-refractivity contribution >= 4 is 17.7 Å². The molecular formula is C30H40O7. The van der Waals surface area contributed by atoms with E-state index >= 15 is 0 Å². The lowest BCUT2D eigenvalue weighted by atomic mass is 9.56. The van der Waals surface area contributed by atoms with Crippen molar-refractivity contribution in [2.45, 2.75) is 90.6 Å². The molecule has 0 aromatic heterocycles. The average Bonchev–Trinajstić information content (AvgIpc) is 3.50. The molecule has 7 nitrogen and oxygen atoms in total. The highest BCUT2D eigenvalue weighted by atomic mass is 16.6. The fourth-order valence-electron chi connectivity index (χ4n) is 11.4. The molecule has 4 saturated carbocycles. The monoisotopic (exact) mass is 512 g/mol. The first-order valence-electron chi connectivity index (χ1n) is 14.4. The zero-order valence-electron chi connectivity index (χ0n) is 22.7. The number of carbonyl (C=O) groups excluding carboxylic acids is 3. The number of allylic oxidation sites excluding steroid dienone is 1. The van der Waals surface area contributed by atoms with Crippen molar-refractivity contribution in [1.29, 1.82) is 0 Å². The molecule has 2 bridgehead atoms. The van der Waals surface area contributed by atoms with E-state index in [-0.39, 0.29) is 77.1 Å². The van der Waals surface area contributed by atoms with Crippen LogP contribution in [-0.2, 0) is 23.9 Å². The largest absolute Gasteiger partial charge is 0.461 e. The van der Waals surface area contributed by atoms with Crippen LogP contribution in [0, 0.1) is 64.6 Å². The molecule has 37 heavy (non-hydrogen) atoms. The van der Waals surface area contributed by atoms with E-state index in [2.05, 4.69) is 6.92 Å². The number of fused-ring (bicyclic) bond motifs is 7. The number of hydrogen-bond acceptors (Lipinski definition) is 7. The average molecular weight is 513 g/mol. The van der Waals surface area contributed by atoms with Crippen molar-refractivity contribution in [1.82, 2.24) is 0 Å². The first kappa shape index (κ1) is 24.3. The minimum atomic E-state index is -1.08. The number of Topliss-reactive ketones (excluding diaryl/α,β-unsaturated/α-hetero) is 1. The number of aliphatic hydroxyl groups is 2. The summed E-state index contributed by atoms with van der Waals surface area (Å²) in [5.74, 6) is -2.64. The van der Waals surface area contributed by atoms with E-state index < -0.39 is 28.6 Å². The van der Waals surface area contributed by atoms with Gasteiger partial charge in [-0.1, -0.05) is 26.3 Å². The molecule has 4 unspecified atom stereocenters. The summed E-state index contributed by atoms with van der Waals surface area (Å²) in [6, 6.07) is 0. The van der Waals surface area contributed by atoms with Gasteiger partial charge < -0.3 is 19.7 Å². The number of carbonyl (C=O) groups is 3. The quantitative estimate of drug-likeness (QED) is 0.379. The van der Waals surface area contributed by atoms with E-state index in [1.165, 1.54) is 0 Å². The highest BCUT2D eigenvalue weighted by Gasteiger charge is 2.83. The van der Waals surface area contributed by atoms with Crippen molar-refractivity contribution < 1.29 is 34.1 Å². The minimum Gasteiger partial charge on any atom is -0.461 e. The van der Waals surface area contributed by atoms with Crippen LogP contribution < -0.4 is 0 Å². The van der Waals surface area contributed by atoms with Gasteiger partial charge in [0, 0.05) is 40.9 Å². The molecule has 7 heteroatoms. The Labute approximate surface area is 218 Å². The molecule has 6 fully saturated rings. The smallest absolute Gasteiger partial charge is 0.309 e. The Morgan fingerprint density at radius 1 is 0.838 bits per heavy atom. The van der Waals surface area contributed by atoms with Crippen molar-refractivity contribution in [3.05, 3.63) is 11.1 Å². The lowest BCUT2D eigenvalue weighted by molar-refractivity contribution is -0.162. The number of rotatable bonds is 0. The standard InChI is InChI=1S/C30H40O7/c1-11-15-7-9-28(5,34)21-17(23(15)36-26(11)32)13(3)20-18(21)19-22(31)14(4)30(20)24(19)29(6,35)10-8-16-12(2)27(33)37-25(16)30/h11-12,14-16,18-21,23-25,34-35H,7-10H2,1-6H3/t11-,12-,14-,15?,16?,18-,19?,20-,21-,23-,24-,25-,28-,29-,30?/m0/s1. The second kappa shape index (κ2) is 7.07. The third-order valence-corrected chi connectivity index (χ3v) is 12.8. The lowest BCUT2D eigenvalue weighted by Gasteiger charge is -2.49. The zero-order chi connectivity index (χ0) is 26.6. The van der Waals surface area contributed by atoms with Gasteiger partial charge in [-0.05, 0) is 63.9 Å². The van der Waals surface area contributed by atoms with Gasteiger partial charge in [0.25, 0.3) is 0 Å². The summed E-state index contributed by atoms with van der Waals surface area (Å²) in [5.41, 5.74) is -0.794. The van der Waals surface area contributed by atoms with Crippen molar-refractivity contribution in [2.75, 3.05) is 0 Å². The Morgan fingerprint density at radius 2 is 1.43 bits per heavy atom. The maximum atomic E-state index is 14.2. The second-order valence-electron chi connectivity index (χ2n) is 14.2. The summed E-state index contributed by atoms with van der Waals surface area (Å²) in [5, 5.41) is 24.1. The Kier molecular flexibility index (Phi) is 4.64. The Bertz CT molecular complexity index is 1150. The third-order valence-electron chi connectivity index (χ3n) is 12.8. The minimum absolute atomic E-state index is 0.00106. The van der Waals surface area contributed by atoms with Gasteiger partial charge in [0.05, 0.1) is 23.0 Å². The van der Waals surface area contributed by atoms with Crippen LogP contribution in [0.15, 0.2) is 11.1 Å². The molecular weight excluding hydrogens is 472 g/mol. The Balaban J connectivity index is 1.49. The molecule has 0 radical (unpaired) electrons. The van der Waals surface area contributed by atoms with Crippen LogP contribution in [0.2, 0.25) is 0 Å². The normalized spacial score (nSPS) is 59.7. The highest BCUT2D eigenvalue weighted by molar-refractivity contribution is 5.91. The molecule has 0 aromatic rings. The van der Waals surface area contributed by atoms with Gasteiger partial charge in [0.2, 0.25) is 0 Å². The molecule has 2 saturated heterocycles. The molecule has 0 spiro atoms. The van der Waals surface area contributed by atoms with Gasteiger partial charge in [-0.25, -0.2) is 0 Å². The fraction of sp³-hybridized carbons (Fsp3) is 0.833. The summed E-state index contributed by atoms with van der Waals surface area (Å²) in [4.78, 5) is 39.9. The Morgan fingerprint density at radius 3 is 2.14 bits per heavy atom. The van der Waals surface area contributed by atoms with E-state index in [0.29, 0.717) is 25.7 Å². The van der Waals surface area contributed by atoms with E-state index in [0.717, 1.165) is 11.1 Å². The zero-order valence-corrected chi connectivity index (χ0v) is 22.7. The maximum absolute atomic E-state index is 14.2. The van der Waals surface area contributed by atoms with Crippen LogP contribution in [-0.4, -0.2) is 51.3 Å². The lowest BCUT2D eigenvalue weighted by Crippen LogP contribution is -2.54. The van der Waals surface area contributed by atoms with Crippen LogP contribution in [0.1, 0.15) is 67.2 Å². The summed E-state index contributed by atoms with van der Waals surface area (Å²) in [6.07, 6.45) is 1.59. The molecule has 2 aliphatic heterocycles. The number of esters is 2. The number of hydrogen-bond donors (Lipinski definition) is 2. The van der Waals surface area contributed by atoms with Crippen LogP contribution in [0.3, 0.4) is 0 Å². The molecule has 0 aromatic carbocycles. The molecule has 15 atom stereocenters. The molecule has 202 valence electrons. The summed E-state index contributed by atoms with van der Waals surface area (Å²) >= 11 is 0. The third kappa shape index (κ3) is 2.55. The molecule has 2 heterocycles. The van der Waals surface area contributed by atoms with Crippen molar-refractivity contribution in [3.63, 3.8) is 0 Å². The van der Waals surface area contributed by atoms with E-state index in [9.17, 15) is 24.6 Å². The van der Waals surface area contributed by atoms with Gasteiger partial charge in [0.1, 0.15) is 18.0 Å². The van der Waals surface area contributed by atoms with Gasteiger partial charge in [-0.2, -0.15) is 0 Å². The number of ketones is 1. The van der Waals surface area contributed by atoms with Crippen molar-refractivity contribution in [2.24, 2.45) is 64.6 Å². The SMILES string of the molecule is CC1=C2[C@H]3OC(=O)[C@@H](C)C3CC[C@](C)(O)[C@@H]2[C@H]2C3C(=O)[C@H](C)C4([C@@H]3[C@@](C)(O)CCC3[C@H](C)C(=O)O[C@@H]34)[C@@H]12. The first-order valence-corrected chi connectivity index (χ1v) is 14.4. The second-order valence-corrected chi connectivity index (χ2v) is 14.2. The molecule has 7 aliphatic rings. The highest BCUT2D eigenvalue weighted by Crippen LogP contribution is 2.79. The van der Waals surface area contributed by atoms with E-state index in [4.69, 9.17) is 9.47 Å². The predicted octanol–water partition coefficient (Wildman–Crippen LogP) is 3.06. The van der Waals surface area contributed by atoms with Crippen LogP contribution >= 0.6 is 0 Å². The maximum Gasteiger partial charge on any atom is 0.309 e. The molecule has 5 aliphatic carbocycles. The van der Waals surface area contributed by atoms with Crippen LogP contribution in [0.5, 0.6) is 0 Å². The fourth-order valence-corrected chi connectivity index (χ4v) is 11.4. The summed E-state index contributed by atoms with van der Waals surface area (Å²) in [6.45, 7) is 11.7. The van der Waals surface area contributed by atoms with Crippen LogP contribution in [0.4, 0.5) is 0 Å². The van der Waals surface area contributed by atoms with E-state index in [1.807, 2.05) is 34.6 Å². The first-order chi connectivity index (χ1) is 17.3. The van der Waals surface area contributed by atoms with Gasteiger partial charge >= 0.3 is 11.9 Å². The summed E-state index contributed by atoms with van der Waals surface area (Å²) in [7, 11) is 0. The van der Waals surface area contributed by atoms with Gasteiger partial charge in [-0.3, -0.25) is 14.4 Å². The van der Waals surface area contributed by atoms with Crippen LogP contribution in [0.25, 0.3) is 0 Å². The predicted molar refractivity (Wildman–Crippen MR) is 132 cm³/mol. The van der Waals surface area contributed by atoms with Crippen molar-refractivity contribution in [3.8, 4) is 0 Å². The molecule has 2 N–H and O–H groups in total. The van der Waals surface area contributed by atoms with E-state index in [1.54, 1.807) is 0 Å². The van der Waals surface area contributed by atoms with Gasteiger partial charge in [-0.15, -0.1) is 0 Å².